The Balaban J connectivity index is 2.82. The predicted molar refractivity (Wildman–Crippen MR) is 43.9 cm³/mol. The molecule has 5 N–H and O–H groups in total. The van der Waals surface area contributed by atoms with E-state index in [0.717, 1.165) is 0 Å². The lowest BCUT2D eigenvalue weighted by Gasteiger charge is -2.43. The van der Waals surface area contributed by atoms with Crippen LogP contribution in [0.4, 0.5) is 0 Å². The van der Waals surface area contributed by atoms with Crippen molar-refractivity contribution in [1.29, 1.82) is 0 Å². The third kappa shape index (κ3) is 1.82. The number of aliphatic hydroxyl groups excluding tert-OH is 4. The third-order valence-corrected chi connectivity index (χ3v) is 2.55. The first-order valence-electron chi connectivity index (χ1n) is 3.66. The maximum absolute atomic E-state index is 9.45. The molecule has 0 aromatic rings. The van der Waals surface area contributed by atoms with Crippen molar-refractivity contribution in [2.24, 2.45) is 0 Å². The molecule has 5 atom stereocenters. The lowest BCUT2D eigenvalue weighted by molar-refractivity contribution is -0.295. The molecule has 13 heavy (non-hydrogen) atoms. The van der Waals surface area contributed by atoms with Crippen LogP contribution in [0.25, 0.3) is 0 Å². The van der Waals surface area contributed by atoms with Crippen LogP contribution in [0.5, 0.6) is 0 Å². The summed E-state index contributed by atoms with van der Waals surface area (Å²) < 4.78 is 4.60. The molecule has 1 aliphatic heterocycles. The smallest absolute Gasteiger partial charge is 0.184 e. The highest BCUT2D eigenvalue weighted by atomic mass is 32.1. The number of aliphatic hydroxyl groups is 5. The van der Waals surface area contributed by atoms with Gasteiger partial charge in [-0.15, -0.1) is 12.6 Å². The minimum absolute atomic E-state index is 0.624. The van der Waals surface area contributed by atoms with Gasteiger partial charge in [-0.3, -0.25) is 0 Å². The van der Waals surface area contributed by atoms with Gasteiger partial charge in [0.05, 0.1) is 6.61 Å². The topological polar surface area (TPSA) is 110 Å². The van der Waals surface area contributed by atoms with Crippen molar-refractivity contribution in [3.05, 3.63) is 0 Å². The Hall–Kier alpha value is 0.110. The fourth-order valence-corrected chi connectivity index (χ4v) is 1.42. The van der Waals surface area contributed by atoms with E-state index in [1.54, 1.807) is 0 Å². The molecule has 0 aliphatic carbocycles. The van der Waals surface area contributed by atoms with E-state index >= 15 is 0 Å². The van der Waals surface area contributed by atoms with Crippen LogP contribution < -0.4 is 0 Å². The number of ether oxygens (including phenoxy) is 1. The second-order valence-corrected chi connectivity index (χ2v) is 3.63. The zero-order valence-corrected chi connectivity index (χ0v) is 7.50. The van der Waals surface area contributed by atoms with Crippen LogP contribution in [0.2, 0.25) is 0 Å². The fraction of sp³-hybridized carbons (Fsp3) is 1.00. The van der Waals surface area contributed by atoms with Crippen molar-refractivity contribution >= 4 is 12.6 Å². The van der Waals surface area contributed by atoms with E-state index in [1.165, 1.54) is 0 Å². The molecule has 1 heterocycles. The molecule has 1 fully saturated rings. The predicted octanol–water partition coefficient (Wildman–Crippen LogP) is -2.96. The van der Waals surface area contributed by atoms with Gasteiger partial charge < -0.3 is 30.3 Å². The van der Waals surface area contributed by atoms with Gasteiger partial charge in [-0.1, -0.05) is 0 Å². The standard InChI is InChI=1S/C6H12O6S/c7-1-2-6(11,13)4(9)3(8)5(10)12-2/h2-5,7-11,13H,1H2/t2-,3-,4+,5?,6-/m1/s1. The van der Waals surface area contributed by atoms with Gasteiger partial charge in [0.15, 0.2) is 11.2 Å². The number of rotatable bonds is 1. The van der Waals surface area contributed by atoms with Gasteiger partial charge in [0.1, 0.15) is 18.3 Å². The Labute approximate surface area is 79.8 Å². The highest BCUT2D eigenvalue weighted by Crippen LogP contribution is 2.31. The van der Waals surface area contributed by atoms with E-state index in [9.17, 15) is 10.2 Å². The molecule has 7 heteroatoms. The van der Waals surface area contributed by atoms with Crippen molar-refractivity contribution in [2.45, 2.75) is 29.5 Å². The third-order valence-electron chi connectivity index (χ3n) is 1.99. The molecule has 1 rings (SSSR count). The van der Waals surface area contributed by atoms with Gasteiger partial charge >= 0.3 is 0 Å². The maximum atomic E-state index is 9.45. The summed E-state index contributed by atoms with van der Waals surface area (Å²) in [6.45, 7) is -0.624. The van der Waals surface area contributed by atoms with E-state index in [2.05, 4.69) is 17.4 Å². The minimum atomic E-state index is -2.08. The number of thiol groups is 1. The summed E-state index contributed by atoms with van der Waals surface area (Å²) in [5, 5.41) is 45.5. The molecule has 0 spiro atoms. The van der Waals surface area contributed by atoms with Gasteiger partial charge in [0, 0.05) is 0 Å². The lowest BCUT2D eigenvalue weighted by atomic mass is 9.98. The average Bonchev–Trinajstić information content (AvgIpc) is 2.08. The Morgan fingerprint density at radius 2 is 1.85 bits per heavy atom. The Kier molecular flexibility index (Phi) is 3.18. The molecule has 1 unspecified atom stereocenters. The van der Waals surface area contributed by atoms with E-state index in [1.807, 2.05) is 0 Å². The van der Waals surface area contributed by atoms with Gasteiger partial charge in [0.2, 0.25) is 0 Å². The largest absolute Gasteiger partial charge is 0.394 e. The van der Waals surface area contributed by atoms with Crippen molar-refractivity contribution in [3.63, 3.8) is 0 Å². The quantitative estimate of drug-likeness (QED) is 0.205. The van der Waals surface area contributed by atoms with Gasteiger partial charge in [-0.25, -0.2) is 0 Å². The molecule has 0 radical (unpaired) electrons. The second kappa shape index (κ2) is 3.70. The molecule has 0 amide bonds. The first-order chi connectivity index (χ1) is 5.91. The summed E-state index contributed by atoms with van der Waals surface area (Å²) in [4.78, 5) is -2.08. The summed E-state index contributed by atoms with van der Waals surface area (Å²) in [5.74, 6) is 0. The summed E-state index contributed by atoms with van der Waals surface area (Å²) in [6.07, 6.45) is -6.22. The Morgan fingerprint density at radius 1 is 1.31 bits per heavy atom. The average molecular weight is 212 g/mol. The van der Waals surface area contributed by atoms with Crippen molar-refractivity contribution in [1.82, 2.24) is 0 Å². The fourth-order valence-electron chi connectivity index (χ4n) is 1.12. The molecule has 1 saturated heterocycles. The molecule has 1 aliphatic rings. The maximum Gasteiger partial charge on any atom is 0.184 e. The van der Waals surface area contributed by atoms with Crippen LogP contribution in [-0.2, 0) is 4.74 Å². The summed E-state index contributed by atoms with van der Waals surface area (Å²) in [6, 6.07) is 0. The Morgan fingerprint density at radius 3 is 2.31 bits per heavy atom. The van der Waals surface area contributed by atoms with Crippen LogP contribution in [-0.4, -0.2) is 61.7 Å². The normalized spacial score (nSPS) is 52.2. The zero-order valence-electron chi connectivity index (χ0n) is 6.61. The van der Waals surface area contributed by atoms with Crippen LogP contribution in [0.1, 0.15) is 0 Å². The van der Waals surface area contributed by atoms with Crippen LogP contribution in [0.15, 0.2) is 0 Å². The molecule has 0 aromatic heterocycles. The van der Waals surface area contributed by atoms with E-state index in [0.29, 0.717) is 0 Å². The minimum Gasteiger partial charge on any atom is -0.394 e. The van der Waals surface area contributed by atoms with E-state index in [4.69, 9.17) is 15.3 Å². The lowest BCUT2D eigenvalue weighted by Crippen LogP contribution is -2.64. The Bertz CT molecular complexity index is 182. The van der Waals surface area contributed by atoms with Crippen molar-refractivity contribution < 1.29 is 30.3 Å². The SMILES string of the molecule is OC[C@H]1OC(O)[C@H](O)[C@H](O)[C@]1(O)S. The molecule has 0 saturated carbocycles. The first-order valence-corrected chi connectivity index (χ1v) is 4.11. The highest BCUT2D eigenvalue weighted by Gasteiger charge is 2.52. The highest BCUT2D eigenvalue weighted by molar-refractivity contribution is 7.81. The molecule has 0 aromatic carbocycles. The van der Waals surface area contributed by atoms with Crippen molar-refractivity contribution in [2.75, 3.05) is 6.61 Å². The summed E-state index contributed by atoms with van der Waals surface area (Å²) in [7, 11) is 0. The monoisotopic (exact) mass is 212 g/mol. The van der Waals surface area contributed by atoms with E-state index < -0.39 is 36.1 Å². The second-order valence-electron chi connectivity index (χ2n) is 2.92. The van der Waals surface area contributed by atoms with Crippen molar-refractivity contribution in [3.8, 4) is 0 Å². The molecule has 6 nitrogen and oxygen atoms in total. The van der Waals surface area contributed by atoms with Gasteiger partial charge in [-0.05, 0) is 0 Å². The van der Waals surface area contributed by atoms with Crippen LogP contribution in [0.3, 0.4) is 0 Å². The molecular weight excluding hydrogens is 200 g/mol. The number of hydrogen-bond donors (Lipinski definition) is 6. The van der Waals surface area contributed by atoms with Crippen LogP contribution in [0, 0.1) is 0 Å². The zero-order chi connectivity index (χ0) is 10.2. The van der Waals surface area contributed by atoms with Crippen LogP contribution >= 0.6 is 12.6 Å². The summed E-state index contributed by atoms with van der Waals surface area (Å²) >= 11 is 3.64. The molecule has 78 valence electrons. The van der Waals surface area contributed by atoms with Gasteiger partial charge in [0.25, 0.3) is 0 Å². The first kappa shape index (κ1) is 11.2. The number of hydrogen-bond acceptors (Lipinski definition) is 7. The van der Waals surface area contributed by atoms with Gasteiger partial charge in [-0.2, -0.15) is 0 Å². The molecular formula is C6H12O6S. The van der Waals surface area contributed by atoms with E-state index in [-0.39, 0.29) is 0 Å². The molecule has 0 bridgehead atoms. The summed E-state index contributed by atoms with van der Waals surface area (Å²) in [5.41, 5.74) is 0.